The lowest BCUT2D eigenvalue weighted by Gasteiger charge is -2.13. The number of hydrogen-bond donors (Lipinski definition) is 1. The molecule has 56 valence electrons. The van der Waals surface area contributed by atoms with Gasteiger partial charge in [0.05, 0.1) is 0 Å². The zero-order valence-corrected chi connectivity index (χ0v) is 6.46. The summed E-state index contributed by atoms with van der Waals surface area (Å²) < 4.78 is 0. The first kappa shape index (κ1) is 8.88. The molecule has 0 bridgehead atoms. The summed E-state index contributed by atoms with van der Waals surface area (Å²) in [5.41, 5.74) is 0. The molecule has 0 aliphatic rings. The SMILES string of the molecule is C=CC(=N)N(CC)/N=C\C. The lowest BCUT2D eigenvalue weighted by molar-refractivity contribution is 0.472. The van der Waals surface area contributed by atoms with Crippen LogP contribution < -0.4 is 0 Å². The summed E-state index contributed by atoms with van der Waals surface area (Å²) in [6.07, 6.45) is 3.12. The minimum Gasteiger partial charge on any atom is -0.283 e. The van der Waals surface area contributed by atoms with Crippen LogP contribution in [-0.4, -0.2) is 23.6 Å². The van der Waals surface area contributed by atoms with E-state index in [-0.39, 0.29) is 0 Å². The molecule has 0 rings (SSSR count). The first-order valence-corrected chi connectivity index (χ1v) is 3.23. The van der Waals surface area contributed by atoms with Crippen molar-refractivity contribution >= 4 is 12.1 Å². The number of amidine groups is 1. The van der Waals surface area contributed by atoms with Gasteiger partial charge >= 0.3 is 0 Å². The third-order valence-corrected chi connectivity index (χ3v) is 1.03. The van der Waals surface area contributed by atoms with Crippen molar-refractivity contribution in [2.45, 2.75) is 13.8 Å². The summed E-state index contributed by atoms with van der Waals surface area (Å²) in [7, 11) is 0. The zero-order valence-electron chi connectivity index (χ0n) is 6.46. The van der Waals surface area contributed by atoms with E-state index in [4.69, 9.17) is 5.41 Å². The molecule has 0 spiro atoms. The second-order valence-electron chi connectivity index (χ2n) is 1.68. The molecule has 0 unspecified atom stereocenters. The van der Waals surface area contributed by atoms with Crippen LogP contribution in [0, 0.1) is 5.41 Å². The summed E-state index contributed by atoms with van der Waals surface area (Å²) in [6.45, 7) is 7.93. The Labute approximate surface area is 61.5 Å². The molecule has 3 heteroatoms. The molecule has 0 saturated carbocycles. The molecule has 0 heterocycles. The van der Waals surface area contributed by atoms with E-state index in [0.717, 1.165) is 0 Å². The van der Waals surface area contributed by atoms with Gasteiger partial charge in [-0.2, -0.15) is 5.10 Å². The monoisotopic (exact) mass is 139 g/mol. The van der Waals surface area contributed by atoms with Gasteiger partial charge < -0.3 is 0 Å². The van der Waals surface area contributed by atoms with Crippen LogP contribution in [0.5, 0.6) is 0 Å². The molecule has 0 atom stereocenters. The lowest BCUT2D eigenvalue weighted by atomic mass is 10.5. The number of hydrogen-bond acceptors (Lipinski definition) is 2. The maximum absolute atomic E-state index is 7.29. The third kappa shape index (κ3) is 2.44. The topological polar surface area (TPSA) is 39.5 Å². The summed E-state index contributed by atoms with van der Waals surface area (Å²) in [5.74, 6) is 0.334. The largest absolute Gasteiger partial charge is 0.283 e. The molecule has 0 aromatic carbocycles. The van der Waals surface area contributed by atoms with Crippen molar-refractivity contribution in [3.63, 3.8) is 0 Å². The van der Waals surface area contributed by atoms with Crippen LogP contribution in [-0.2, 0) is 0 Å². The standard InChI is InChI=1S/C7H13N3/c1-4-7(8)10(6-3)9-5-2/h4-5,8H,1,6H2,2-3H3/b8-7?,9-5-. The van der Waals surface area contributed by atoms with Gasteiger partial charge in [-0.3, -0.25) is 5.41 Å². The number of likely N-dealkylation sites (N-methyl/N-ethyl adjacent to an activating group) is 1. The van der Waals surface area contributed by atoms with Gasteiger partial charge in [0, 0.05) is 12.8 Å². The van der Waals surface area contributed by atoms with E-state index in [1.807, 2.05) is 13.8 Å². The number of hydrazone groups is 1. The molecule has 0 aromatic rings. The molecular weight excluding hydrogens is 126 g/mol. The number of rotatable bonds is 3. The Balaban J connectivity index is 4.05. The van der Waals surface area contributed by atoms with E-state index in [9.17, 15) is 0 Å². The maximum Gasteiger partial charge on any atom is 0.140 e. The minimum atomic E-state index is 0.334. The summed E-state index contributed by atoms with van der Waals surface area (Å²) in [5, 5.41) is 12.8. The van der Waals surface area contributed by atoms with Crippen molar-refractivity contribution in [1.82, 2.24) is 5.01 Å². The smallest absolute Gasteiger partial charge is 0.140 e. The fourth-order valence-electron chi connectivity index (χ4n) is 0.559. The third-order valence-electron chi connectivity index (χ3n) is 1.03. The van der Waals surface area contributed by atoms with E-state index in [0.29, 0.717) is 12.4 Å². The van der Waals surface area contributed by atoms with Crippen LogP contribution in [0.2, 0.25) is 0 Å². The first-order chi connectivity index (χ1) is 4.76. The van der Waals surface area contributed by atoms with Gasteiger partial charge in [0.2, 0.25) is 0 Å². The maximum atomic E-state index is 7.29. The predicted molar refractivity (Wildman–Crippen MR) is 44.5 cm³/mol. The zero-order chi connectivity index (χ0) is 7.98. The van der Waals surface area contributed by atoms with Crippen LogP contribution in [0.1, 0.15) is 13.8 Å². The van der Waals surface area contributed by atoms with E-state index >= 15 is 0 Å². The molecule has 0 fully saturated rings. The van der Waals surface area contributed by atoms with Crippen molar-refractivity contribution < 1.29 is 0 Å². The highest BCUT2D eigenvalue weighted by atomic mass is 15.5. The number of nitrogens with zero attached hydrogens (tertiary/aromatic N) is 2. The van der Waals surface area contributed by atoms with Gasteiger partial charge in [-0.1, -0.05) is 6.58 Å². The van der Waals surface area contributed by atoms with Crippen molar-refractivity contribution in [2.75, 3.05) is 6.54 Å². The van der Waals surface area contributed by atoms with E-state index in [1.54, 1.807) is 11.2 Å². The molecule has 0 amide bonds. The highest BCUT2D eigenvalue weighted by molar-refractivity contribution is 5.89. The highest BCUT2D eigenvalue weighted by Crippen LogP contribution is 1.89. The summed E-state index contributed by atoms with van der Waals surface area (Å²) in [4.78, 5) is 0. The quantitative estimate of drug-likeness (QED) is 0.359. The average Bonchev–Trinajstić information content (AvgIpc) is 1.99. The van der Waals surface area contributed by atoms with Crippen molar-refractivity contribution in [3.8, 4) is 0 Å². The van der Waals surface area contributed by atoms with Crippen LogP contribution in [0.25, 0.3) is 0 Å². The lowest BCUT2D eigenvalue weighted by Crippen LogP contribution is -2.22. The Bertz CT molecular complexity index is 149. The van der Waals surface area contributed by atoms with Crippen LogP contribution in [0.15, 0.2) is 17.8 Å². The Morgan fingerprint density at radius 1 is 1.80 bits per heavy atom. The normalized spacial score (nSPS) is 9.80. The molecule has 1 N–H and O–H groups in total. The van der Waals surface area contributed by atoms with Gasteiger partial charge in [0.1, 0.15) is 5.84 Å². The van der Waals surface area contributed by atoms with Crippen molar-refractivity contribution in [3.05, 3.63) is 12.7 Å². The van der Waals surface area contributed by atoms with Crippen LogP contribution >= 0.6 is 0 Å². The van der Waals surface area contributed by atoms with Crippen LogP contribution in [0.3, 0.4) is 0 Å². The Kier molecular flexibility index (Phi) is 4.20. The van der Waals surface area contributed by atoms with Crippen molar-refractivity contribution in [1.29, 1.82) is 5.41 Å². The second kappa shape index (κ2) is 4.73. The average molecular weight is 139 g/mol. The second-order valence-corrected chi connectivity index (χ2v) is 1.68. The summed E-state index contributed by atoms with van der Waals surface area (Å²) >= 11 is 0. The van der Waals surface area contributed by atoms with Gasteiger partial charge in [0.25, 0.3) is 0 Å². The predicted octanol–water partition coefficient (Wildman–Crippen LogP) is 1.48. The molecule has 10 heavy (non-hydrogen) atoms. The molecule has 0 aliphatic carbocycles. The Morgan fingerprint density at radius 2 is 2.40 bits per heavy atom. The Hall–Kier alpha value is -1.12. The number of nitrogens with one attached hydrogen (secondary N) is 1. The van der Waals surface area contributed by atoms with Gasteiger partial charge in [-0.25, -0.2) is 5.01 Å². The summed E-state index contributed by atoms with van der Waals surface area (Å²) in [6, 6.07) is 0. The minimum absolute atomic E-state index is 0.334. The van der Waals surface area contributed by atoms with E-state index in [2.05, 4.69) is 11.7 Å². The first-order valence-electron chi connectivity index (χ1n) is 3.23. The van der Waals surface area contributed by atoms with Crippen LogP contribution in [0.4, 0.5) is 0 Å². The Morgan fingerprint density at radius 3 is 2.70 bits per heavy atom. The van der Waals surface area contributed by atoms with Gasteiger partial charge in [-0.15, -0.1) is 0 Å². The molecular formula is C7H13N3. The van der Waals surface area contributed by atoms with E-state index in [1.165, 1.54) is 6.08 Å². The molecule has 0 radical (unpaired) electrons. The van der Waals surface area contributed by atoms with Crippen molar-refractivity contribution in [2.24, 2.45) is 5.10 Å². The molecule has 0 aliphatic heterocycles. The molecule has 0 saturated heterocycles. The fraction of sp³-hybridized carbons (Fsp3) is 0.429. The fourth-order valence-corrected chi connectivity index (χ4v) is 0.559. The van der Waals surface area contributed by atoms with E-state index < -0.39 is 0 Å². The highest BCUT2D eigenvalue weighted by Gasteiger charge is 1.97. The van der Waals surface area contributed by atoms with Gasteiger partial charge in [-0.05, 0) is 19.9 Å². The molecule has 0 aromatic heterocycles. The molecule has 3 nitrogen and oxygen atoms in total. The van der Waals surface area contributed by atoms with Gasteiger partial charge in [0.15, 0.2) is 0 Å².